The van der Waals surface area contributed by atoms with E-state index in [0.717, 1.165) is 7.11 Å². The Labute approximate surface area is 83.6 Å². The van der Waals surface area contributed by atoms with Crippen molar-refractivity contribution in [3.05, 3.63) is 33.0 Å². The molecule has 0 fully saturated rings. The maximum absolute atomic E-state index is 11.0. The molecule has 74 valence electrons. The first-order valence-corrected chi connectivity index (χ1v) is 3.83. The minimum Gasteiger partial charge on any atom is -0.465 e. The maximum Gasteiger partial charge on any atom is 0.379 e. The van der Waals surface area contributed by atoms with Gasteiger partial charge in [0, 0.05) is 6.07 Å². The van der Waals surface area contributed by atoms with E-state index in [9.17, 15) is 14.9 Å². The predicted octanol–water partition coefficient (Wildman–Crippen LogP) is 1.43. The molecule has 0 radical (unpaired) electrons. The van der Waals surface area contributed by atoms with E-state index < -0.39 is 16.7 Å². The van der Waals surface area contributed by atoms with Crippen molar-refractivity contribution in [1.29, 1.82) is 0 Å². The number of ether oxygens (including phenoxy) is 1. The second-order valence-electron chi connectivity index (χ2n) is 2.25. The van der Waals surface area contributed by atoms with Crippen molar-refractivity contribution in [3.8, 4) is 0 Å². The van der Waals surface area contributed by atoms with Gasteiger partial charge in [0.05, 0.1) is 7.11 Å². The molecule has 1 heterocycles. The molecule has 7 heteroatoms. The maximum atomic E-state index is 11.0. The topological polar surface area (TPSA) is 82.3 Å². The van der Waals surface area contributed by atoms with Crippen molar-refractivity contribution in [3.63, 3.8) is 0 Å². The third kappa shape index (κ3) is 1.97. The Hall–Kier alpha value is -1.69. The van der Waals surface area contributed by atoms with Crippen molar-refractivity contribution >= 4 is 23.4 Å². The van der Waals surface area contributed by atoms with Gasteiger partial charge in [-0.25, -0.2) is 4.79 Å². The van der Waals surface area contributed by atoms with E-state index in [4.69, 9.17) is 11.6 Å². The van der Waals surface area contributed by atoms with Gasteiger partial charge in [-0.3, -0.25) is 0 Å². The van der Waals surface area contributed by atoms with Gasteiger partial charge < -0.3 is 14.9 Å². The number of methoxy groups -OCH3 is 1. The zero-order chi connectivity index (χ0) is 10.7. The molecule has 0 saturated carbocycles. The summed E-state index contributed by atoms with van der Waals surface area (Å²) in [6, 6.07) is 2.47. The number of hydrogen-bond acceptors (Lipinski definition) is 5. The van der Waals surface area contributed by atoms with Crippen LogP contribution in [0.3, 0.4) is 0 Å². The van der Waals surface area contributed by atoms with Gasteiger partial charge >= 0.3 is 11.8 Å². The molecule has 1 rings (SSSR count). The van der Waals surface area contributed by atoms with Crippen LogP contribution in [0.1, 0.15) is 10.4 Å². The fraction of sp³-hybridized carbons (Fsp3) is 0.143. The Kier molecular flexibility index (Phi) is 2.98. The highest BCUT2D eigenvalue weighted by Crippen LogP contribution is 2.19. The van der Waals surface area contributed by atoms with Crippen LogP contribution < -0.4 is 0 Å². The highest BCUT2D eigenvalue weighted by atomic mass is 35.5. The molecule has 0 aliphatic carbocycles. The van der Waals surface area contributed by atoms with Gasteiger partial charge in [-0.05, 0) is 27.6 Å². The summed E-state index contributed by atoms with van der Waals surface area (Å²) in [7, 11) is 1.13. The normalized spacial score (nSPS) is 9.57. The lowest BCUT2D eigenvalue weighted by Crippen LogP contribution is -2.07. The van der Waals surface area contributed by atoms with E-state index in [2.05, 4.69) is 9.72 Å². The van der Waals surface area contributed by atoms with Crippen LogP contribution >= 0.6 is 11.6 Å². The van der Waals surface area contributed by atoms with Gasteiger partial charge in [0.25, 0.3) is 0 Å². The monoisotopic (exact) mass is 216 g/mol. The molecule has 14 heavy (non-hydrogen) atoms. The largest absolute Gasteiger partial charge is 0.465 e. The van der Waals surface area contributed by atoms with E-state index in [-0.39, 0.29) is 10.7 Å². The lowest BCUT2D eigenvalue weighted by atomic mass is 10.2. The first kappa shape index (κ1) is 10.4. The minimum atomic E-state index is -0.819. The van der Waals surface area contributed by atoms with E-state index >= 15 is 0 Å². The second-order valence-corrected chi connectivity index (χ2v) is 2.64. The first-order chi connectivity index (χ1) is 6.56. The number of hydrogen-bond donors (Lipinski definition) is 0. The minimum absolute atomic E-state index is 0.0515. The van der Waals surface area contributed by atoms with E-state index in [1.807, 2.05) is 0 Å². The van der Waals surface area contributed by atoms with Crippen LogP contribution in [0.4, 0.5) is 5.82 Å². The third-order valence-electron chi connectivity index (χ3n) is 1.42. The van der Waals surface area contributed by atoms with Crippen LogP contribution in [0.5, 0.6) is 0 Å². The number of nitrogens with zero attached hydrogens (tertiary/aromatic N) is 2. The van der Waals surface area contributed by atoms with Crippen molar-refractivity contribution < 1.29 is 14.5 Å². The summed E-state index contributed by atoms with van der Waals surface area (Å²) in [5.74, 6) is -1.43. The molecule has 0 aliphatic heterocycles. The Morgan fingerprint density at radius 1 is 1.64 bits per heavy atom. The number of carbonyl (C=O) groups is 1. The van der Waals surface area contributed by atoms with Gasteiger partial charge in [-0.15, -0.1) is 0 Å². The molecule has 0 saturated heterocycles. The molecule has 0 aliphatic rings. The summed E-state index contributed by atoms with van der Waals surface area (Å²) in [5, 5.41) is 10.4. The third-order valence-corrected chi connectivity index (χ3v) is 1.63. The molecule has 0 bridgehead atoms. The smallest absolute Gasteiger partial charge is 0.379 e. The average molecular weight is 217 g/mol. The Morgan fingerprint density at radius 3 is 2.79 bits per heavy atom. The van der Waals surface area contributed by atoms with Gasteiger partial charge in [0.2, 0.25) is 5.15 Å². The Morgan fingerprint density at radius 2 is 2.29 bits per heavy atom. The fourth-order valence-electron chi connectivity index (χ4n) is 0.834. The van der Waals surface area contributed by atoms with Crippen molar-refractivity contribution in [2.45, 2.75) is 0 Å². The quantitative estimate of drug-likeness (QED) is 0.323. The molecule has 0 amide bonds. The number of aromatic nitrogens is 1. The molecule has 0 N–H and O–H groups in total. The van der Waals surface area contributed by atoms with Crippen LogP contribution in [0, 0.1) is 10.1 Å². The van der Waals surface area contributed by atoms with Gasteiger partial charge in [0.1, 0.15) is 0 Å². The van der Waals surface area contributed by atoms with Crippen molar-refractivity contribution in [1.82, 2.24) is 4.98 Å². The molecule has 1 aromatic rings. The number of halogens is 1. The summed E-state index contributed by atoms with van der Waals surface area (Å²) < 4.78 is 4.34. The summed E-state index contributed by atoms with van der Waals surface area (Å²) in [6.07, 6.45) is 0. The number of nitro groups is 1. The molecular formula is C7H5ClN2O4. The lowest BCUT2D eigenvalue weighted by molar-refractivity contribution is -0.389. The average Bonchev–Trinajstić information content (AvgIpc) is 2.16. The molecule has 0 unspecified atom stereocenters. The number of carbonyl (C=O) groups excluding carboxylic acids is 1. The summed E-state index contributed by atoms with van der Waals surface area (Å²) >= 11 is 5.44. The molecule has 0 spiro atoms. The van der Waals surface area contributed by atoms with Crippen LogP contribution in [-0.2, 0) is 4.74 Å². The van der Waals surface area contributed by atoms with Crippen LogP contribution in [0.2, 0.25) is 5.15 Å². The highest BCUT2D eigenvalue weighted by Gasteiger charge is 2.22. The fourth-order valence-corrected chi connectivity index (χ4v) is 0.977. The van der Waals surface area contributed by atoms with Gasteiger partial charge in [-0.2, -0.15) is 0 Å². The van der Waals surface area contributed by atoms with E-state index in [1.54, 1.807) is 0 Å². The zero-order valence-corrected chi connectivity index (χ0v) is 7.82. The van der Waals surface area contributed by atoms with Gasteiger partial charge in [0.15, 0.2) is 5.56 Å². The number of rotatable bonds is 2. The molecular weight excluding hydrogens is 212 g/mol. The van der Waals surface area contributed by atoms with Crippen LogP contribution in [0.15, 0.2) is 12.1 Å². The number of esters is 1. The molecule has 6 nitrogen and oxygen atoms in total. The zero-order valence-electron chi connectivity index (χ0n) is 7.06. The van der Waals surface area contributed by atoms with E-state index in [1.165, 1.54) is 12.1 Å². The second kappa shape index (κ2) is 4.01. The van der Waals surface area contributed by atoms with Crippen LogP contribution in [0.25, 0.3) is 0 Å². The summed E-state index contributed by atoms with van der Waals surface area (Å²) in [4.78, 5) is 24.1. The molecule has 1 aromatic heterocycles. The molecule has 0 atom stereocenters. The number of pyridine rings is 1. The SMILES string of the molecule is COC(=O)c1ccc(Cl)nc1[N+](=O)[O-]. The Bertz CT molecular complexity index is 393. The van der Waals surface area contributed by atoms with Crippen LogP contribution in [-0.4, -0.2) is 23.0 Å². The first-order valence-electron chi connectivity index (χ1n) is 3.45. The predicted molar refractivity (Wildman–Crippen MR) is 47.2 cm³/mol. The van der Waals surface area contributed by atoms with Crippen molar-refractivity contribution in [2.75, 3.05) is 7.11 Å². The summed E-state index contributed by atoms with van der Waals surface area (Å²) in [5.41, 5.74) is -0.220. The molecule has 0 aromatic carbocycles. The Balaban J connectivity index is 3.28. The summed E-state index contributed by atoms with van der Waals surface area (Å²) in [6.45, 7) is 0. The van der Waals surface area contributed by atoms with E-state index in [0.29, 0.717) is 0 Å². The highest BCUT2D eigenvalue weighted by molar-refractivity contribution is 6.29. The van der Waals surface area contributed by atoms with Crippen molar-refractivity contribution in [2.24, 2.45) is 0 Å². The van der Waals surface area contributed by atoms with Gasteiger partial charge in [-0.1, -0.05) is 0 Å². The lowest BCUT2D eigenvalue weighted by Gasteiger charge is -1.99. The standard InChI is InChI=1S/C7H5ClN2O4/c1-14-7(11)4-2-3-5(8)9-6(4)10(12)13/h2-3H,1H3.